The molecule has 174 valence electrons. The molecule has 32 heavy (non-hydrogen) atoms. The van der Waals surface area contributed by atoms with Gasteiger partial charge in [-0.1, -0.05) is 12.1 Å². The first-order valence-electron chi connectivity index (χ1n) is 10.1. The molecule has 0 bridgehead atoms. The zero-order chi connectivity index (χ0) is 23.7. The maximum atomic E-state index is 12.1. The van der Waals surface area contributed by atoms with Crippen LogP contribution in [0.3, 0.4) is 0 Å². The summed E-state index contributed by atoms with van der Waals surface area (Å²) in [5.74, 6) is 0.937. The maximum Gasteiger partial charge on any atom is 0.413 e. The van der Waals surface area contributed by atoms with Crippen LogP contribution in [0, 0.1) is 0 Å². The van der Waals surface area contributed by atoms with Crippen LogP contribution >= 0.6 is 0 Å². The highest BCUT2D eigenvalue weighted by atomic mass is 16.6. The Morgan fingerprint density at radius 3 is 2.44 bits per heavy atom. The van der Waals surface area contributed by atoms with E-state index in [-0.39, 0.29) is 19.1 Å². The molecule has 0 heterocycles. The van der Waals surface area contributed by atoms with Crippen LogP contribution in [0.4, 0.5) is 4.79 Å². The van der Waals surface area contributed by atoms with Crippen molar-refractivity contribution in [3.8, 4) is 17.2 Å². The maximum absolute atomic E-state index is 12.1. The minimum absolute atomic E-state index is 0.0659. The smallest absolute Gasteiger partial charge is 0.413 e. The molecule has 2 aromatic carbocycles. The third kappa shape index (κ3) is 7.14. The second-order valence-corrected chi connectivity index (χ2v) is 7.38. The molecular formula is C23H31N3O6. The highest BCUT2D eigenvalue weighted by molar-refractivity contribution is 5.82. The Morgan fingerprint density at radius 1 is 1.03 bits per heavy atom. The Balaban J connectivity index is 1.83. The molecule has 0 saturated heterocycles. The number of hydrogen-bond acceptors (Lipinski definition) is 7. The fraction of sp³-hybridized carbons (Fsp3) is 0.391. The third-order valence-electron chi connectivity index (χ3n) is 5.01. The molecule has 1 unspecified atom stereocenters. The summed E-state index contributed by atoms with van der Waals surface area (Å²) >= 11 is 0. The SMILES string of the molecule is COc1ccc(OC)c(C(O)CNC(=O)CNC(=O)Oc2cccc([C@H](C)N(C)C)c2)c1. The highest BCUT2D eigenvalue weighted by Gasteiger charge is 2.16. The van der Waals surface area contributed by atoms with Gasteiger partial charge in [0.25, 0.3) is 0 Å². The van der Waals surface area contributed by atoms with Gasteiger partial charge in [0.15, 0.2) is 0 Å². The van der Waals surface area contributed by atoms with Crippen LogP contribution in [0.2, 0.25) is 0 Å². The summed E-state index contributed by atoms with van der Waals surface area (Å²) in [4.78, 5) is 26.2. The predicted octanol–water partition coefficient (Wildman–Crippen LogP) is 2.26. The molecule has 2 rings (SSSR count). The lowest BCUT2D eigenvalue weighted by atomic mass is 10.1. The van der Waals surface area contributed by atoms with Crippen molar-refractivity contribution in [3.63, 3.8) is 0 Å². The number of ether oxygens (including phenoxy) is 3. The zero-order valence-electron chi connectivity index (χ0n) is 19.0. The summed E-state index contributed by atoms with van der Waals surface area (Å²) < 4.78 is 15.7. The number of nitrogens with one attached hydrogen (secondary N) is 2. The summed E-state index contributed by atoms with van der Waals surface area (Å²) in [6.07, 6.45) is -1.76. The number of aliphatic hydroxyl groups excluding tert-OH is 1. The summed E-state index contributed by atoms with van der Waals surface area (Å²) in [6, 6.07) is 12.4. The van der Waals surface area contributed by atoms with Crippen molar-refractivity contribution in [1.29, 1.82) is 0 Å². The second kappa shape index (κ2) is 11.9. The van der Waals surface area contributed by atoms with Crippen molar-refractivity contribution in [1.82, 2.24) is 15.5 Å². The van der Waals surface area contributed by atoms with Gasteiger partial charge < -0.3 is 34.9 Å². The quantitative estimate of drug-likeness (QED) is 0.515. The topological polar surface area (TPSA) is 109 Å². The normalized spacial score (nSPS) is 12.6. The molecule has 3 N–H and O–H groups in total. The highest BCUT2D eigenvalue weighted by Crippen LogP contribution is 2.29. The average Bonchev–Trinajstić information content (AvgIpc) is 2.80. The van der Waals surface area contributed by atoms with Gasteiger partial charge in [-0.15, -0.1) is 0 Å². The van der Waals surface area contributed by atoms with Crippen molar-refractivity contribution in [3.05, 3.63) is 53.6 Å². The fourth-order valence-corrected chi connectivity index (χ4v) is 2.91. The molecule has 2 amide bonds. The lowest BCUT2D eigenvalue weighted by molar-refractivity contribution is -0.120. The van der Waals surface area contributed by atoms with E-state index in [0.717, 1.165) is 5.56 Å². The van der Waals surface area contributed by atoms with E-state index in [4.69, 9.17) is 14.2 Å². The molecule has 0 aromatic heterocycles. The Labute approximate surface area is 188 Å². The van der Waals surface area contributed by atoms with Crippen LogP contribution in [-0.2, 0) is 4.79 Å². The third-order valence-corrected chi connectivity index (χ3v) is 5.01. The molecule has 0 spiro atoms. The Bertz CT molecular complexity index is 918. The van der Waals surface area contributed by atoms with Gasteiger partial charge in [0.1, 0.15) is 23.8 Å². The van der Waals surface area contributed by atoms with E-state index in [1.54, 1.807) is 36.4 Å². The molecule has 0 aliphatic carbocycles. The summed E-state index contributed by atoms with van der Waals surface area (Å²) in [6.45, 7) is 1.68. The Morgan fingerprint density at radius 2 is 1.78 bits per heavy atom. The van der Waals surface area contributed by atoms with E-state index < -0.39 is 18.1 Å². The van der Waals surface area contributed by atoms with Gasteiger partial charge in [-0.3, -0.25) is 4.79 Å². The van der Waals surface area contributed by atoms with Crippen molar-refractivity contribution in [2.75, 3.05) is 41.4 Å². The number of benzene rings is 2. The second-order valence-electron chi connectivity index (χ2n) is 7.38. The number of methoxy groups -OCH3 is 2. The molecule has 0 aliphatic rings. The number of nitrogens with zero attached hydrogens (tertiary/aromatic N) is 1. The van der Waals surface area contributed by atoms with Gasteiger partial charge in [-0.2, -0.15) is 0 Å². The van der Waals surface area contributed by atoms with Crippen LogP contribution < -0.4 is 24.8 Å². The minimum Gasteiger partial charge on any atom is -0.497 e. The van der Waals surface area contributed by atoms with E-state index in [1.807, 2.05) is 32.0 Å². The van der Waals surface area contributed by atoms with E-state index in [1.165, 1.54) is 14.2 Å². The van der Waals surface area contributed by atoms with Gasteiger partial charge in [0, 0.05) is 18.2 Å². The zero-order valence-corrected chi connectivity index (χ0v) is 19.0. The molecule has 9 heteroatoms. The lowest BCUT2D eigenvalue weighted by Crippen LogP contribution is -2.39. The van der Waals surface area contributed by atoms with Crippen LogP contribution in [0.5, 0.6) is 17.2 Å². The lowest BCUT2D eigenvalue weighted by Gasteiger charge is -2.20. The molecule has 2 aromatic rings. The van der Waals surface area contributed by atoms with E-state index >= 15 is 0 Å². The van der Waals surface area contributed by atoms with Gasteiger partial charge in [0.05, 0.1) is 20.3 Å². The van der Waals surface area contributed by atoms with E-state index in [9.17, 15) is 14.7 Å². The number of rotatable bonds is 10. The van der Waals surface area contributed by atoms with Gasteiger partial charge in [-0.25, -0.2) is 4.79 Å². The van der Waals surface area contributed by atoms with Crippen LogP contribution in [-0.4, -0.2) is 63.4 Å². The molecular weight excluding hydrogens is 414 g/mol. The standard InChI is InChI=1S/C23H31N3O6/c1-15(26(2)3)16-7-6-8-18(11-16)32-23(29)25-14-22(28)24-13-20(27)19-12-17(30-4)9-10-21(19)31-5/h6-12,15,20,27H,13-14H2,1-5H3,(H,24,28)(H,25,29)/t15-,20?/m0/s1. The predicted molar refractivity (Wildman–Crippen MR) is 120 cm³/mol. The van der Waals surface area contributed by atoms with Gasteiger partial charge in [0.2, 0.25) is 5.91 Å². The van der Waals surface area contributed by atoms with Crippen LogP contribution in [0.25, 0.3) is 0 Å². The average molecular weight is 446 g/mol. The van der Waals surface area contributed by atoms with Crippen molar-refractivity contribution < 1.29 is 28.9 Å². The first-order valence-corrected chi connectivity index (χ1v) is 10.1. The Hall–Kier alpha value is -3.30. The van der Waals surface area contributed by atoms with Gasteiger partial charge in [-0.05, 0) is 56.9 Å². The largest absolute Gasteiger partial charge is 0.497 e. The molecule has 9 nitrogen and oxygen atoms in total. The fourth-order valence-electron chi connectivity index (χ4n) is 2.91. The van der Waals surface area contributed by atoms with Crippen molar-refractivity contribution in [2.24, 2.45) is 0 Å². The Kier molecular flexibility index (Phi) is 9.30. The number of hydrogen-bond donors (Lipinski definition) is 3. The number of aliphatic hydroxyl groups is 1. The first kappa shape index (κ1) is 25.0. The van der Waals surface area contributed by atoms with Crippen LogP contribution in [0.1, 0.15) is 30.2 Å². The molecule has 2 atom stereocenters. The van der Waals surface area contributed by atoms with Gasteiger partial charge >= 0.3 is 6.09 Å². The van der Waals surface area contributed by atoms with Crippen LogP contribution in [0.15, 0.2) is 42.5 Å². The minimum atomic E-state index is -1.02. The number of amides is 2. The van der Waals surface area contributed by atoms with E-state index in [2.05, 4.69) is 10.6 Å². The van der Waals surface area contributed by atoms with E-state index in [0.29, 0.717) is 22.8 Å². The number of carbonyl (C=O) groups excluding carboxylic acids is 2. The molecule has 0 radical (unpaired) electrons. The molecule has 0 fully saturated rings. The first-order chi connectivity index (χ1) is 15.2. The van der Waals surface area contributed by atoms with Crippen molar-refractivity contribution in [2.45, 2.75) is 19.1 Å². The summed E-state index contributed by atoms with van der Waals surface area (Å²) in [7, 11) is 6.93. The number of carbonyl (C=O) groups is 2. The molecule has 0 aliphatic heterocycles. The van der Waals surface area contributed by atoms with Crippen molar-refractivity contribution >= 4 is 12.0 Å². The monoisotopic (exact) mass is 445 g/mol. The summed E-state index contributed by atoms with van der Waals surface area (Å²) in [5, 5.41) is 15.4. The summed E-state index contributed by atoms with van der Waals surface area (Å²) in [5.41, 5.74) is 1.48. The molecule has 0 saturated carbocycles.